The van der Waals surface area contributed by atoms with Gasteiger partial charge in [0.1, 0.15) is 0 Å². The maximum Gasteiger partial charge on any atom is 0.0147 e. The fourth-order valence-corrected chi connectivity index (χ4v) is 0.863. The van der Waals surface area contributed by atoms with Crippen LogP contribution in [0.15, 0.2) is 11.8 Å². The standard InChI is InChI=1S/C6H11N/c1-2-6-4-3-5-7-6/h2,7H,3-5H2,1H3. The van der Waals surface area contributed by atoms with Gasteiger partial charge >= 0.3 is 0 Å². The molecule has 1 N–H and O–H groups in total. The van der Waals surface area contributed by atoms with Gasteiger partial charge in [-0.25, -0.2) is 0 Å². The Morgan fingerprint density at radius 1 is 1.71 bits per heavy atom. The molecular formula is C6H11N. The van der Waals surface area contributed by atoms with Crippen LogP contribution in [0.3, 0.4) is 0 Å². The average molecular weight is 97.2 g/mol. The Morgan fingerprint density at radius 2 is 2.57 bits per heavy atom. The molecule has 0 aromatic rings. The molecular weight excluding hydrogens is 86.1 g/mol. The fraction of sp³-hybridized carbons (Fsp3) is 0.667. The van der Waals surface area contributed by atoms with Crippen LogP contribution in [0.4, 0.5) is 0 Å². The second-order valence-electron chi connectivity index (χ2n) is 1.84. The molecule has 0 aliphatic carbocycles. The summed E-state index contributed by atoms with van der Waals surface area (Å²) in [5.74, 6) is 0. The molecule has 1 aliphatic heterocycles. The van der Waals surface area contributed by atoms with Gasteiger partial charge in [0.05, 0.1) is 0 Å². The quantitative estimate of drug-likeness (QED) is 0.480. The van der Waals surface area contributed by atoms with Gasteiger partial charge < -0.3 is 5.32 Å². The van der Waals surface area contributed by atoms with Gasteiger partial charge in [-0.05, 0) is 19.8 Å². The zero-order valence-electron chi connectivity index (χ0n) is 4.70. The maximum atomic E-state index is 3.27. The predicted molar refractivity (Wildman–Crippen MR) is 31.0 cm³/mol. The molecule has 1 heteroatoms. The van der Waals surface area contributed by atoms with E-state index in [0.717, 1.165) is 0 Å². The molecule has 1 aliphatic rings. The highest BCUT2D eigenvalue weighted by atomic mass is 14.9. The van der Waals surface area contributed by atoms with Crippen LogP contribution in [0, 0.1) is 0 Å². The van der Waals surface area contributed by atoms with Crippen molar-refractivity contribution in [3.8, 4) is 0 Å². The highest BCUT2D eigenvalue weighted by Gasteiger charge is 2.00. The lowest BCUT2D eigenvalue weighted by molar-refractivity contribution is 0.903. The van der Waals surface area contributed by atoms with Crippen LogP contribution >= 0.6 is 0 Å². The molecule has 0 aromatic carbocycles. The first kappa shape index (κ1) is 4.69. The predicted octanol–water partition coefficient (Wildman–Crippen LogP) is 1.27. The van der Waals surface area contributed by atoms with Gasteiger partial charge in [-0.2, -0.15) is 0 Å². The molecule has 1 saturated heterocycles. The van der Waals surface area contributed by atoms with Crippen LogP contribution in [0.5, 0.6) is 0 Å². The number of rotatable bonds is 0. The van der Waals surface area contributed by atoms with Gasteiger partial charge in [-0.3, -0.25) is 0 Å². The Kier molecular flexibility index (Phi) is 1.35. The molecule has 0 saturated carbocycles. The molecule has 0 unspecified atom stereocenters. The van der Waals surface area contributed by atoms with E-state index in [4.69, 9.17) is 0 Å². The van der Waals surface area contributed by atoms with Crippen molar-refractivity contribution in [3.05, 3.63) is 11.8 Å². The molecule has 0 bridgehead atoms. The van der Waals surface area contributed by atoms with E-state index in [1.165, 1.54) is 25.1 Å². The summed E-state index contributed by atoms with van der Waals surface area (Å²) in [5, 5.41) is 3.27. The van der Waals surface area contributed by atoms with Crippen molar-refractivity contribution in [2.45, 2.75) is 19.8 Å². The highest BCUT2D eigenvalue weighted by molar-refractivity contribution is 5.01. The van der Waals surface area contributed by atoms with Crippen molar-refractivity contribution < 1.29 is 0 Å². The van der Waals surface area contributed by atoms with E-state index in [1.54, 1.807) is 0 Å². The zero-order chi connectivity index (χ0) is 5.11. The van der Waals surface area contributed by atoms with Gasteiger partial charge in [0.2, 0.25) is 0 Å². The van der Waals surface area contributed by atoms with Gasteiger partial charge in [-0.15, -0.1) is 0 Å². The van der Waals surface area contributed by atoms with E-state index in [-0.39, 0.29) is 0 Å². The molecule has 1 heterocycles. The third kappa shape index (κ3) is 0.952. The maximum absolute atomic E-state index is 3.27. The third-order valence-corrected chi connectivity index (χ3v) is 1.32. The summed E-state index contributed by atoms with van der Waals surface area (Å²) in [5.41, 5.74) is 1.42. The molecule has 0 atom stereocenters. The smallest absolute Gasteiger partial charge is 0.0147 e. The minimum absolute atomic E-state index is 1.18. The molecule has 0 radical (unpaired) electrons. The van der Waals surface area contributed by atoms with Crippen LogP contribution in [0.25, 0.3) is 0 Å². The number of allylic oxidation sites excluding steroid dienone is 2. The Bertz CT molecular complexity index is 76.2. The number of hydrogen-bond donors (Lipinski definition) is 1. The summed E-state index contributed by atoms with van der Waals surface area (Å²) in [4.78, 5) is 0. The lowest BCUT2D eigenvalue weighted by Crippen LogP contribution is -2.02. The molecule has 0 spiro atoms. The third-order valence-electron chi connectivity index (χ3n) is 1.32. The van der Waals surface area contributed by atoms with E-state index in [9.17, 15) is 0 Å². The van der Waals surface area contributed by atoms with Crippen LogP contribution in [-0.2, 0) is 0 Å². The van der Waals surface area contributed by atoms with Crippen LogP contribution in [0.2, 0.25) is 0 Å². The van der Waals surface area contributed by atoms with Crippen molar-refractivity contribution in [2.24, 2.45) is 0 Å². The lowest BCUT2D eigenvalue weighted by atomic mass is 10.3. The van der Waals surface area contributed by atoms with E-state index in [1.807, 2.05) is 0 Å². The first-order valence-corrected chi connectivity index (χ1v) is 2.82. The van der Waals surface area contributed by atoms with E-state index in [2.05, 4.69) is 18.3 Å². The molecule has 7 heavy (non-hydrogen) atoms. The minimum Gasteiger partial charge on any atom is -0.389 e. The van der Waals surface area contributed by atoms with Gasteiger partial charge in [0, 0.05) is 12.2 Å². The molecule has 40 valence electrons. The molecule has 1 fully saturated rings. The SMILES string of the molecule is CC=C1CCCN1. The number of hydrogen-bond acceptors (Lipinski definition) is 1. The summed E-state index contributed by atoms with van der Waals surface area (Å²) in [6, 6.07) is 0. The minimum atomic E-state index is 1.18. The van der Waals surface area contributed by atoms with Crippen molar-refractivity contribution in [1.29, 1.82) is 0 Å². The first-order chi connectivity index (χ1) is 3.43. The Hall–Kier alpha value is -0.460. The first-order valence-electron chi connectivity index (χ1n) is 2.82. The fourth-order valence-electron chi connectivity index (χ4n) is 0.863. The van der Waals surface area contributed by atoms with Gasteiger partial charge in [0.15, 0.2) is 0 Å². The summed E-state index contributed by atoms with van der Waals surface area (Å²) < 4.78 is 0. The monoisotopic (exact) mass is 97.1 g/mol. The Morgan fingerprint density at radius 3 is 2.86 bits per heavy atom. The summed E-state index contributed by atoms with van der Waals surface area (Å²) in [7, 11) is 0. The molecule has 1 rings (SSSR count). The lowest BCUT2D eigenvalue weighted by Gasteiger charge is -1.91. The van der Waals surface area contributed by atoms with Crippen molar-refractivity contribution in [1.82, 2.24) is 5.32 Å². The highest BCUT2D eigenvalue weighted by Crippen LogP contribution is 2.06. The Labute approximate surface area is 44.4 Å². The van der Waals surface area contributed by atoms with E-state index >= 15 is 0 Å². The van der Waals surface area contributed by atoms with Crippen molar-refractivity contribution in [2.75, 3.05) is 6.54 Å². The summed E-state index contributed by atoms with van der Waals surface area (Å²) in [6.07, 6.45) is 4.73. The largest absolute Gasteiger partial charge is 0.389 e. The number of nitrogens with one attached hydrogen (secondary N) is 1. The van der Waals surface area contributed by atoms with E-state index < -0.39 is 0 Å². The Balaban J connectivity index is 2.41. The van der Waals surface area contributed by atoms with Crippen LogP contribution in [0.1, 0.15) is 19.8 Å². The summed E-state index contributed by atoms with van der Waals surface area (Å²) in [6.45, 7) is 3.26. The van der Waals surface area contributed by atoms with Crippen LogP contribution < -0.4 is 5.32 Å². The van der Waals surface area contributed by atoms with Crippen molar-refractivity contribution >= 4 is 0 Å². The zero-order valence-corrected chi connectivity index (χ0v) is 4.70. The van der Waals surface area contributed by atoms with E-state index in [0.29, 0.717) is 0 Å². The van der Waals surface area contributed by atoms with Gasteiger partial charge in [0.25, 0.3) is 0 Å². The molecule has 0 amide bonds. The normalized spacial score (nSPS) is 25.6. The van der Waals surface area contributed by atoms with Crippen LogP contribution in [-0.4, -0.2) is 6.54 Å². The second kappa shape index (κ2) is 2.01. The average Bonchev–Trinajstić information content (AvgIpc) is 2.14. The topological polar surface area (TPSA) is 12.0 Å². The van der Waals surface area contributed by atoms with Crippen molar-refractivity contribution in [3.63, 3.8) is 0 Å². The molecule has 1 nitrogen and oxygen atoms in total. The summed E-state index contributed by atoms with van der Waals surface area (Å²) >= 11 is 0. The molecule has 0 aromatic heterocycles. The van der Waals surface area contributed by atoms with Gasteiger partial charge in [-0.1, -0.05) is 6.08 Å². The second-order valence-corrected chi connectivity index (χ2v) is 1.84.